The maximum atomic E-state index is 12.5. The molecule has 0 atom stereocenters. The van der Waals surface area contributed by atoms with Crippen molar-refractivity contribution in [2.24, 2.45) is 4.99 Å². The summed E-state index contributed by atoms with van der Waals surface area (Å²) in [5.74, 6) is 1.66. The largest absolute Gasteiger partial charge is 0.260 e. The number of hydrogen-bond acceptors (Lipinski definition) is 5. The highest BCUT2D eigenvalue weighted by Crippen LogP contribution is 2.35. The molecule has 0 aliphatic carbocycles. The van der Waals surface area contributed by atoms with E-state index in [-0.39, 0.29) is 0 Å². The van der Waals surface area contributed by atoms with Crippen LogP contribution in [0.2, 0.25) is 0 Å². The van der Waals surface area contributed by atoms with Crippen molar-refractivity contribution in [2.45, 2.75) is 45.8 Å². The quantitative estimate of drug-likeness (QED) is 0.855. The van der Waals surface area contributed by atoms with Crippen LogP contribution in [0.25, 0.3) is 11.4 Å². The van der Waals surface area contributed by atoms with Gasteiger partial charge >= 0.3 is 0 Å². The summed E-state index contributed by atoms with van der Waals surface area (Å²) >= 11 is 0. The Bertz CT molecular complexity index is 768. The van der Waals surface area contributed by atoms with E-state index in [9.17, 15) is 5.21 Å². The molecule has 6 heteroatoms. The molecule has 119 valence electrons. The summed E-state index contributed by atoms with van der Waals surface area (Å²) in [5.41, 5.74) is -0.105. The molecular formula is C17H20N5O. The number of aromatic nitrogens is 3. The molecule has 6 nitrogen and oxygen atoms in total. The second-order valence-corrected chi connectivity index (χ2v) is 6.70. The van der Waals surface area contributed by atoms with Gasteiger partial charge in [0.15, 0.2) is 11.6 Å². The molecule has 0 saturated heterocycles. The third-order valence-corrected chi connectivity index (χ3v) is 3.96. The van der Waals surface area contributed by atoms with Crippen LogP contribution in [0.3, 0.4) is 0 Å². The summed E-state index contributed by atoms with van der Waals surface area (Å²) in [7, 11) is 0. The van der Waals surface area contributed by atoms with Crippen LogP contribution in [0.5, 0.6) is 0 Å². The maximum Gasteiger partial charge on any atom is 0.179 e. The highest BCUT2D eigenvalue weighted by Gasteiger charge is 2.49. The Morgan fingerprint density at radius 3 is 2.09 bits per heavy atom. The summed E-state index contributed by atoms with van der Waals surface area (Å²) in [4.78, 5) is 18.0. The van der Waals surface area contributed by atoms with E-state index in [0.29, 0.717) is 23.2 Å². The second-order valence-electron chi connectivity index (χ2n) is 6.70. The van der Waals surface area contributed by atoms with Gasteiger partial charge in [0.25, 0.3) is 0 Å². The molecule has 23 heavy (non-hydrogen) atoms. The Labute approximate surface area is 135 Å². The van der Waals surface area contributed by atoms with Crippen molar-refractivity contribution < 1.29 is 5.21 Å². The van der Waals surface area contributed by atoms with Gasteiger partial charge in [0.05, 0.1) is 5.54 Å². The van der Waals surface area contributed by atoms with Gasteiger partial charge in [0.1, 0.15) is 17.2 Å². The molecule has 1 aromatic heterocycles. The molecule has 2 aromatic rings. The first kappa shape index (κ1) is 15.7. The first-order valence-electron chi connectivity index (χ1n) is 7.58. The van der Waals surface area contributed by atoms with Crippen LogP contribution in [0.1, 0.15) is 39.3 Å². The van der Waals surface area contributed by atoms with Gasteiger partial charge in [-0.15, -0.1) is 10.3 Å². The predicted molar refractivity (Wildman–Crippen MR) is 87.2 cm³/mol. The molecule has 0 amide bonds. The van der Waals surface area contributed by atoms with Gasteiger partial charge < -0.3 is 0 Å². The van der Waals surface area contributed by atoms with E-state index in [0.717, 1.165) is 10.6 Å². The summed E-state index contributed by atoms with van der Waals surface area (Å²) in [6.45, 7) is 9.09. The van der Waals surface area contributed by atoms with Crippen LogP contribution in [-0.4, -0.2) is 36.9 Å². The first-order chi connectivity index (χ1) is 10.7. The Hall–Kier alpha value is -2.18. The molecule has 0 spiro atoms. The summed E-state index contributed by atoms with van der Waals surface area (Å²) in [6, 6.07) is 9.72. The van der Waals surface area contributed by atoms with E-state index in [2.05, 4.69) is 19.9 Å². The van der Waals surface area contributed by atoms with Crippen molar-refractivity contribution in [3.8, 4) is 11.4 Å². The van der Waals surface area contributed by atoms with Gasteiger partial charge in [-0.1, -0.05) is 30.3 Å². The number of nitrogens with zero attached hydrogens (tertiary/aromatic N) is 5. The van der Waals surface area contributed by atoms with Crippen molar-refractivity contribution in [2.75, 3.05) is 0 Å². The Balaban J connectivity index is 2.13. The molecule has 1 aliphatic heterocycles. The molecule has 0 saturated carbocycles. The molecule has 0 bridgehead atoms. The zero-order valence-electron chi connectivity index (χ0n) is 14.0. The second kappa shape index (κ2) is 5.18. The normalized spacial score (nSPS) is 19.7. The molecule has 2 heterocycles. The molecule has 0 fully saturated rings. The number of hydrogen-bond donors (Lipinski definition) is 0. The lowest BCUT2D eigenvalue weighted by molar-refractivity contribution is -0.240. The van der Waals surface area contributed by atoms with E-state index in [1.165, 1.54) is 0 Å². The molecule has 1 aromatic carbocycles. The summed E-state index contributed by atoms with van der Waals surface area (Å²) in [6.07, 6.45) is 0. The minimum absolute atomic E-state index is 0.466. The van der Waals surface area contributed by atoms with Gasteiger partial charge in [0, 0.05) is 5.56 Å². The van der Waals surface area contributed by atoms with Crippen LogP contribution in [-0.2, 0) is 5.21 Å². The lowest BCUT2D eigenvalue weighted by atomic mass is 9.98. The Morgan fingerprint density at radius 2 is 1.52 bits per heavy atom. The monoisotopic (exact) mass is 310 g/mol. The van der Waals surface area contributed by atoms with Gasteiger partial charge in [0.2, 0.25) is 0 Å². The average molecular weight is 310 g/mol. The van der Waals surface area contributed by atoms with Crippen LogP contribution >= 0.6 is 0 Å². The fraction of sp³-hybridized carbons (Fsp3) is 0.412. The SMILES string of the molecule is Cc1nc(C2=NC(C)(C)N([O])C2(C)C)nc(-c2ccccc2)n1. The molecule has 0 N–H and O–H groups in total. The third kappa shape index (κ3) is 2.64. The lowest BCUT2D eigenvalue weighted by Gasteiger charge is -2.31. The summed E-state index contributed by atoms with van der Waals surface area (Å²) in [5, 5.41) is 13.5. The highest BCUT2D eigenvalue weighted by atomic mass is 16.5. The van der Waals surface area contributed by atoms with Gasteiger partial charge in [-0.25, -0.2) is 15.0 Å². The molecule has 0 unspecified atom stereocenters. The van der Waals surface area contributed by atoms with E-state index < -0.39 is 11.2 Å². The molecular weight excluding hydrogens is 290 g/mol. The topological polar surface area (TPSA) is 74.2 Å². The summed E-state index contributed by atoms with van der Waals surface area (Å²) < 4.78 is 0. The van der Waals surface area contributed by atoms with E-state index in [4.69, 9.17) is 0 Å². The minimum atomic E-state index is -0.827. The maximum absolute atomic E-state index is 12.5. The third-order valence-electron chi connectivity index (χ3n) is 3.96. The average Bonchev–Trinajstić information content (AvgIpc) is 2.67. The van der Waals surface area contributed by atoms with Gasteiger partial charge in [-0.05, 0) is 34.6 Å². The fourth-order valence-corrected chi connectivity index (χ4v) is 2.86. The van der Waals surface area contributed by atoms with Gasteiger partial charge in [-0.3, -0.25) is 4.99 Å². The smallest absolute Gasteiger partial charge is 0.179 e. The predicted octanol–water partition coefficient (Wildman–Crippen LogP) is 2.81. The zero-order chi connectivity index (χ0) is 16.8. The van der Waals surface area contributed by atoms with Crippen molar-refractivity contribution in [3.63, 3.8) is 0 Å². The number of hydroxylamine groups is 2. The Kier molecular flexibility index (Phi) is 3.54. The fourth-order valence-electron chi connectivity index (χ4n) is 2.86. The number of rotatable bonds is 2. The minimum Gasteiger partial charge on any atom is -0.260 e. The molecule has 3 rings (SSSR count). The van der Waals surface area contributed by atoms with E-state index in [1.807, 2.05) is 51.1 Å². The van der Waals surface area contributed by atoms with Crippen LogP contribution in [0.15, 0.2) is 35.3 Å². The van der Waals surface area contributed by atoms with Crippen LogP contribution in [0.4, 0.5) is 0 Å². The molecule has 1 aliphatic rings. The number of benzene rings is 1. The van der Waals surface area contributed by atoms with Crippen LogP contribution in [0, 0.1) is 6.92 Å². The van der Waals surface area contributed by atoms with Crippen molar-refractivity contribution >= 4 is 5.71 Å². The Morgan fingerprint density at radius 1 is 0.913 bits per heavy atom. The molecule has 1 radical (unpaired) electrons. The standard InChI is InChI=1S/C17H20N5O/c1-11-18-14(12-9-7-6-8-10-12)20-15(19-11)13-16(2,3)22(23)17(4,5)21-13/h6-10H,1-5H3. The van der Waals surface area contributed by atoms with Crippen molar-refractivity contribution in [3.05, 3.63) is 42.0 Å². The zero-order valence-corrected chi connectivity index (χ0v) is 14.0. The van der Waals surface area contributed by atoms with E-state index in [1.54, 1.807) is 13.8 Å². The lowest BCUT2D eigenvalue weighted by Crippen LogP contribution is -2.49. The number of aryl methyl sites for hydroxylation is 1. The first-order valence-corrected chi connectivity index (χ1v) is 7.58. The highest BCUT2D eigenvalue weighted by molar-refractivity contribution is 6.05. The van der Waals surface area contributed by atoms with Crippen LogP contribution < -0.4 is 0 Å². The number of aliphatic imine (C=N–C) groups is 1. The van der Waals surface area contributed by atoms with Gasteiger partial charge in [-0.2, -0.15) is 0 Å². The van der Waals surface area contributed by atoms with Crippen molar-refractivity contribution in [1.82, 2.24) is 20.0 Å². The van der Waals surface area contributed by atoms with E-state index >= 15 is 0 Å². The van der Waals surface area contributed by atoms with Crippen molar-refractivity contribution in [1.29, 1.82) is 0 Å².